The van der Waals surface area contributed by atoms with Crippen molar-refractivity contribution in [3.63, 3.8) is 0 Å². The van der Waals surface area contributed by atoms with Gasteiger partial charge in [-0.15, -0.1) is 0 Å². The summed E-state index contributed by atoms with van der Waals surface area (Å²) < 4.78 is 119. The third kappa shape index (κ3) is 16.7. The molecule has 0 aromatic heterocycles. The Balaban J connectivity index is 0.000000241. The van der Waals surface area contributed by atoms with E-state index in [1.165, 1.54) is 24.3 Å². The van der Waals surface area contributed by atoms with Crippen molar-refractivity contribution in [1.29, 1.82) is 0 Å². The van der Waals surface area contributed by atoms with Crippen molar-refractivity contribution in [3.8, 4) is 46.0 Å². The van der Waals surface area contributed by atoms with Crippen LogP contribution in [0.25, 0.3) is 0 Å². The molecule has 0 bridgehead atoms. The normalized spacial score (nSPS) is 14.3. The first kappa shape index (κ1) is 60.6. The maximum absolute atomic E-state index is 13.6. The van der Waals surface area contributed by atoms with Crippen LogP contribution < -0.4 is 37.9 Å². The van der Waals surface area contributed by atoms with Gasteiger partial charge in [-0.2, -0.15) is 11.8 Å². The zero-order valence-corrected chi connectivity index (χ0v) is 49.3. The highest BCUT2D eigenvalue weighted by molar-refractivity contribution is 9.10. The number of thioether (sulfide) groups is 1. The number of methoxy groups -OCH3 is 2. The van der Waals surface area contributed by atoms with Gasteiger partial charge in [-0.1, -0.05) is 110 Å². The Bertz CT molecular complexity index is 3310. The number of benzene rings is 6. The van der Waals surface area contributed by atoms with Crippen molar-refractivity contribution in [2.24, 2.45) is 0 Å². The lowest BCUT2D eigenvalue weighted by molar-refractivity contribution is 0.296. The molecule has 2 aliphatic rings. The number of ether oxygens (including phenoxy) is 6. The smallest absolute Gasteiger partial charge is 0.244 e. The van der Waals surface area contributed by atoms with E-state index in [0.29, 0.717) is 33.3 Å². The highest BCUT2D eigenvalue weighted by Gasteiger charge is 2.49. The summed E-state index contributed by atoms with van der Waals surface area (Å²) in [6.45, 7) is 0.249. The van der Waals surface area contributed by atoms with E-state index in [1.54, 1.807) is 86.6 Å². The van der Waals surface area contributed by atoms with Gasteiger partial charge in [0.1, 0.15) is 67.3 Å². The van der Waals surface area contributed by atoms with Gasteiger partial charge >= 0.3 is 0 Å². The van der Waals surface area contributed by atoms with Gasteiger partial charge < -0.3 is 28.4 Å². The fourth-order valence-corrected chi connectivity index (χ4v) is 15.6. The lowest BCUT2D eigenvalue weighted by Crippen LogP contribution is -2.41. The Kier molecular flexibility index (Phi) is 20.5. The molecule has 0 atom stereocenters. The summed E-state index contributed by atoms with van der Waals surface area (Å²) >= 11 is 33.4. The monoisotopic (exact) mass is 1310 g/mol. The molecule has 75 heavy (non-hydrogen) atoms. The highest BCUT2D eigenvalue weighted by Crippen LogP contribution is 2.45. The number of hydrogen-bond acceptors (Lipinski definition) is 13. The van der Waals surface area contributed by atoms with Crippen LogP contribution in [0.1, 0.15) is 44.2 Å². The maximum atomic E-state index is 13.6. The highest BCUT2D eigenvalue weighted by atomic mass is 79.9. The van der Waals surface area contributed by atoms with Gasteiger partial charge in [0.2, 0.25) is 20.0 Å². The van der Waals surface area contributed by atoms with Gasteiger partial charge in [0, 0.05) is 44.2 Å². The molecular weight excluding hydrogens is 1260 g/mol. The van der Waals surface area contributed by atoms with Crippen molar-refractivity contribution in [1.82, 2.24) is 9.44 Å². The minimum atomic E-state index is -4.23. The van der Waals surface area contributed by atoms with Gasteiger partial charge in [-0.25, -0.2) is 34.7 Å². The average molecular weight is 1310 g/mol. The van der Waals surface area contributed by atoms with Crippen molar-refractivity contribution in [3.05, 3.63) is 149 Å². The van der Waals surface area contributed by atoms with Gasteiger partial charge in [0.15, 0.2) is 11.5 Å². The summed E-state index contributed by atoms with van der Waals surface area (Å²) in [5, 5.41) is 1.01. The summed E-state index contributed by atoms with van der Waals surface area (Å²) in [7, 11) is -8.42. The van der Waals surface area contributed by atoms with E-state index in [0.717, 1.165) is 36.0 Å². The molecule has 2 saturated carbocycles. The molecule has 0 amide bonds. The van der Waals surface area contributed by atoms with Gasteiger partial charge in [0.25, 0.3) is 0 Å². The number of sulfonamides is 2. The van der Waals surface area contributed by atoms with Crippen LogP contribution in [0, 0.1) is 0 Å². The van der Waals surface area contributed by atoms with Crippen LogP contribution in [0.3, 0.4) is 0 Å². The van der Waals surface area contributed by atoms with Crippen molar-refractivity contribution in [2.75, 3.05) is 38.2 Å². The zero-order valence-electron chi connectivity index (χ0n) is 39.8. The van der Waals surface area contributed by atoms with E-state index >= 15 is 0 Å². The van der Waals surface area contributed by atoms with E-state index in [4.69, 9.17) is 74.8 Å². The molecule has 24 heteroatoms. The molecular formula is C51H52Br2Cl4N2O12S4. The van der Waals surface area contributed by atoms with Crippen molar-refractivity contribution < 1.29 is 53.7 Å². The molecule has 2 N–H and O–H groups in total. The summed E-state index contributed by atoms with van der Waals surface area (Å²) in [5.74, 6) is 2.82. The second kappa shape index (κ2) is 25.4. The molecule has 6 aromatic rings. The minimum Gasteiger partial charge on any atom is -0.497 e. The van der Waals surface area contributed by atoms with E-state index in [2.05, 4.69) is 41.3 Å². The third-order valence-corrected chi connectivity index (χ3v) is 18.4. The van der Waals surface area contributed by atoms with Crippen LogP contribution in [0.4, 0.5) is 0 Å². The summed E-state index contributed by atoms with van der Waals surface area (Å²) in [5.41, 5.74) is 0.142. The molecule has 0 spiro atoms. The van der Waals surface area contributed by atoms with Crippen LogP contribution in [0.5, 0.6) is 46.0 Å². The van der Waals surface area contributed by atoms with Gasteiger partial charge in [0.05, 0.1) is 40.1 Å². The van der Waals surface area contributed by atoms with E-state index < -0.39 is 41.0 Å². The number of halogens is 6. The number of hydrogen-bond donors (Lipinski definition) is 2. The van der Waals surface area contributed by atoms with E-state index in [1.807, 2.05) is 30.5 Å². The minimum absolute atomic E-state index is 0. The SMILES string of the molecule is C.COc1ccc(COc2ccc(Oc3c(Cl)cc(Br)cc3Cl)cc2S(=O)(=O)NC2(CS(C)(=O)=O)CC2)cc1.COc1ccc(COc2ccc(Oc3c(Cl)cc(Br)cc3Cl)cc2S(=O)(=O)NC2(CSC)CC2)cc1. The molecule has 2 fully saturated rings. The molecule has 14 nitrogen and oxygen atoms in total. The van der Waals surface area contributed by atoms with Gasteiger partial charge in [-0.05, 0) is 116 Å². The zero-order chi connectivity index (χ0) is 53.6. The molecule has 0 saturated heterocycles. The van der Waals surface area contributed by atoms with Crippen LogP contribution in [0.15, 0.2) is 128 Å². The van der Waals surface area contributed by atoms with Crippen molar-refractivity contribution in [2.45, 2.75) is 67.2 Å². The Morgan fingerprint density at radius 2 is 0.893 bits per heavy atom. The fraction of sp³-hybridized carbons (Fsp3) is 0.294. The third-order valence-electron chi connectivity index (χ3n) is 11.3. The van der Waals surface area contributed by atoms with Crippen LogP contribution in [-0.2, 0) is 43.1 Å². The van der Waals surface area contributed by atoms with Crippen LogP contribution >= 0.6 is 90.0 Å². The topological polar surface area (TPSA) is 182 Å². The Morgan fingerprint density at radius 1 is 0.547 bits per heavy atom. The second-order valence-corrected chi connectivity index (χ2v) is 27.1. The molecule has 2 aliphatic carbocycles. The second-order valence-electron chi connectivity index (χ2n) is 17.4. The Labute approximate surface area is 479 Å². The van der Waals surface area contributed by atoms with Crippen molar-refractivity contribution >= 4 is 120 Å². The first-order valence-corrected chi connectivity index (χ1v) is 31.6. The standard InChI is InChI=1S/C25H24BrCl2NO7S2.C25H24BrCl2NO5S2.CH4/c1-34-18-5-3-16(4-6-18)14-35-22-8-7-19(36-24-20(27)11-17(26)12-21(24)28)13-23(22)38(32,33)29-25(9-10-25)15-37(2,30)31;1-32-18-5-3-16(4-6-18)14-33-22-8-7-19(34-24-20(27)11-17(26)12-21(24)28)13-23(22)36(30,31)29-25(9-10-25)15-35-2;/h3-8,11-13,29H,9-10,14-15H2,1-2H3;3-8,11-13,29H,9-10,14-15H2,1-2H3;1H4. The quantitative estimate of drug-likeness (QED) is 0.0656. The Hall–Kier alpha value is -3.64. The summed E-state index contributed by atoms with van der Waals surface area (Å²) in [4.78, 5) is -0.238. The molecule has 8 rings (SSSR count). The predicted octanol–water partition coefficient (Wildman–Crippen LogP) is 13.9. The first-order chi connectivity index (χ1) is 34.9. The van der Waals surface area contributed by atoms with E-state index in [-0.39, 0.29) is 90.8 Å². The first-order valence-electron chi connectivity index (χ1n) is 22.1. The molecule has 0 aliphatic heterocycles. The summed E-state index contributed by atoms with van der Waals surface area (Å²) in [6.07, 6.45) is 5.41. The van der Waals surface area contributed by atoms with Gasteiger partial charge in [-0.3, -0.25) is 0 Å². The van der Waals surface area contributed by atoms with Crippen LogP contribution in [0.2, 0.25) is 20.1 Å². The molecule has 0 heterocycles. The fourth-order valence-electron chi connectivity index (χ4n) is 7.33. The number of nitrogens with one attached hydrogen (secondary N) is 2. The largest absolute Gasteiger partial charge is 0.497 e. The maximum Gasteiger partial charge on any atom is 0.244 e. The lowest BCUT2D eigenvalue weighted by Gasteiger charge is -2.19. The molecule has 0 unspecified atom stereocenters. The predicted molar refractivity (Wildman–Crippen MR) is 305 cm³/mol. The summed E-state index contributed by atoms with van der Waals surface area (Å²) in [6, 6.07) is 29.9. The Morgan fingerprint density at radius 3 is 1.21 bits per heavy atom. The molecule has 0 radical (unpaired) electrons. The molecule has 6 aromatic carbocycles. The number of rotatable bonds is 22. The van der Waals surface area contributed by atoms with Crippen LogP contribution in [-0.4, -0.2) is 74.6 Å². The lowest BCUT2D eigenvalue weighted by atomic mass is 10.2. The van der Waals surface area contributed by atoms with E-state index in [9.17, 15) is 25.3 Å². The average Bonchev–Trinajstić information content (AvgIpc) is 4.27. The number of sulfone groups is 1. The molecule has 404 valence electrons.